The molecule has 0 radical (unpaired) electrons. The SMILES string of the molecule is C[As](O)(O)(O)c1ccccc1. The van der Waals surface area contributed by atoms with Gasteiger partial charge in [-0.3, -0.25) is 0 Å². The summed E-state index contributed by atoms with van der Waals surface area (Å²) in [6.07, 6.45) is 0. The minimum atomic E-state index is -5.00. The van der Waals surface area contributed by atoms with Crippen LogP contribution in [0.5, 0.6) is 0 Å². The van der Waals surface area contributed by atoms with Gasteiger partial charge in [0.15, 0.2) is 0 Å². The van der Waals surface area contributed by atoms with E-state index in [0.29, 0.717) is 0 Å². The minimum absolute atomic E-state index is 0.228. The van der Waals surface area contributed by atoms with E-state index < -0.39 is 13.5 Å². The monoisotopic (exact) mass is 218 g/mol. The first kappa shape index (κ1) is 8.75. The Bertz CT molecular complexity index is 240. The molecule has 3 nitrogen and oxygen atoms in total. The van der Waals surface area contributed by atoms with Crippen LogP contribution in [-0.2, 0) is 0 Å². The van der Waals surface area contributed by atoms with Crippen LogP contribution in [0.2, 0.25) is 5.71 Å². The molecule has 0 spiro atoms. The summed E-state index contributed by atoms with van der Waals surface area (Å²) in [5.41, 5.74) is 1.09. The van der Waals surface area contributed by atoms with Crippen molar-refractivity contribution in [3.8, 4) is 0 Å². The molecule has 0 aliphatic carbocycles. The molecule has 4 heteroatoms. The van der Waals surface area contributed by atoms with Gasteiger partial charge in [-0.1, -0.05) is 0 Å². The van der Waals surface area contributed by atoms with Crippen molar-refractivity contribution in [1.29, 1.82) is 0 Å². The van der Waals surface area contributed by atoms with Crippen LogP contribution in [0, 0.1) is 0 Å². The van der Waals surface area contributed by atoms with Crippen LogP contribution in [0.15, 0.2) is 30.3 Å². The molecule has 0 saturated carbocycles. The Labute approximate surface area is 66.6 Å². The second-order valence-electron chi connectivity index (χ2n) is 2.73. The third-order valence-electron chi connectivity index (χ3n) is 1.36. The van der Waals surface area contributed by atoms with Gasteiger partial charge in [0.25, 0.3) is 0 Å². The molecule has 0 amide bonds. The van der Waals surface area contributed by atoms with Crippen LogP contribution in [-0.4, -0.2) is 25.8 Å². The molecule has 3 N–H and O–H groups in total. The van der Waals surface area contributed by atoms with E-state index in [-0.39, 0.29) is 4.35 Å². The van der Waals surface area contributed by atoms with Crippen molar-refractivity contribution < 1.29 is 12.3 Å². The van der Waals surface area contributed by atoms with Gasteiger partial charge in [-0.05, 0) is 0 Å². The third-order valence-corrected chi connectivity index (χ3v) is 4.52. The van der Waals surface area contributed by atoms with Crippen molar-refractivity contribution in [2.75, 3.05) is 0 Å². The number of benzene rings is 1. The van der Waals surface area contributed by atoms with E-state index in [9.17, 15) is 12.3 Å². The van der Waals surface area contributed by atoms with Crippen molar-refractivity contribution in [2.24, 2.45) is 0 Å². The molecule has 0 aliphatic heterocycles. The zero-order chi connectivity index (χ0) is 8.56. The van der Waals surface area contributed by atoms with E-state index >= 15 is 0 Å². The van der Waals surface area contributed by atoms with Crippen molar-refractivity contribution in [2.45, 2.75) is 5.71 Å². The first-order valence-corrected chi connectivity index (χ1v) is 8.51. The summed E-state index contributed by atoms with van der Waals surface area (Å²) >= 11 is -5.00. The molecule has 0 bridgehead atoms. The average molecular weight is 218 g/mol. The van der Waals surface area contributed by atoms with Crippen LogP contribution in [0.3, 0.4) is 0 Å². The van der Waals surface area contributed by atoms with Gasteiger partial charge in [0.2, 0.25) is 0 Å². The fourth-order valence-electron chi connectivity index (χ4n) is 0.777. The van der Waals surface area contributed by atoms with Crippen LogP contribution in [0.25, 0.3) is 0 Å². The van der Waals surface area contributed by atoms with E-state index in [1.165, 1.54) is 12.1 Å². The molecule has 0 heterocycles. The first-order chi connectivity index (χ1) is 4.86. The predicted octanol–water partition coefficient (Wildman–Crippen LogP) is -0.607. The molecule has 1 aromatic rings. The molecular weight excluding hydrogens is 207 g/mol. The second-order valence-corrected chi connectivity index (χ2v) is 9.65. The maximum atomic E-state index is 9.24. The average Bonchev–Trinajstić information content (AvgIpc) is 1.86. The second kappa shape index (κ2) is 2.32. The number of hydrogen-bond acceptors (Lipinski definition) is 3. The molecule has 0 fully saturated rings. The molecule has 11 heavy (non-hydrogen) atoms. The molecule has 62 valence electrons. The molecule has 0 aliphatic rings. The summed E-state index contributed by atoms with van der Waals surface area (Å²) in [5, 5.41) is 0. The standard InChI is InChI=1S/C7H11AsO3/c1-8(9,10,11)7-5-3-2-4-6-7/h2-6,9-11H,1H3. The van der Waals surface area contributed by atoms with Gasteiger partial charge < -0.3 is 0 Å². The Balaban J connectivity index is 3.14. The summed E-state index contributed by atoms with van der Waals surface area (Å²) in [6.45, 7) is 0. The molecule has 0 unspecified atom stereocenters. The van der Waals surface area contributed by atoms with Crippen molar-refractivity contribution >= 4 is 17.8 Å². The van der Waals surface area contributed by atoms with Gasteiger partial charge >= 0.3 is 66.2 Å². The van der Waals surface area contributed by atoms with Gasteiger partial charge in [0.1, 0.15) is 0 Å². The summed E-state index contributed by atoms with van der Waals surface area (Å²) < 4.78 is 28.0. The Morgan fingerprint density at radius 3 is 1.73 bits per heavy atom. The van der Waals surface area contributed by atoms with Gasteiger partial charge in [-0.25, -0.2) is 0 Å². The quantitative estimate of drug-likeness (QED) is 0.551. The number of hydrogen-bond donors (Lipinski definition) is 3. The summed E-state index contributed by atoms with van der Waals surface area (Å²) in [5.74, 6) is 0. The predicted molar refractivity (Wildman–Crippen MR) is 44.4 cm³/mol. The Hall–Kier alpha value is -0.342. The van der Waals surface area contributed by atoms with E-state index in [2.05, 4.69) is 0 Å². The maximum absolute atomic E-state index is 9.24. The Morgan fingerprint density at radius 1 is 1.00 bits per heavy atom. The van der Waals surface area contributed by atoms with Crippen LogP contribution in [0.4, 0.5) is 0 Å². The fraction of sp³-hybridized carbons (Fsp3) is 0.143. The molecule has 0 atom stereocenters. The van der Waals surface area contributed by atoms with E-state index in [0.717, 1.165) is 5.71 Å². The van der Waals surface area contributed by atoms with Crippen molar-refractivity contribution in [3.05, 3.63) is 30.3 Å². The molecule has 1 aromatic carbocycles. The summed E-state index contributed by atoms with van der Waals surface area (Å²) in [7, 11) is 0. The Kier molecular flexibility index (Phi) is 1.85. The third kappa shape index (κ3) is 2.31. The zero-order valence-electron chi connectivity index (χ0n) is 6.18. The van der Waals surface area contributed by atoms with Crippen molar-refractivity contribution in [3.63, 3.8) is 0 Å². The van der Waals surface area contributed by atoms with E-state index in [1.807, 2.05) is 0 Å². The van der Waals surface area contributed by atoms with Crippen LogP contribution < -0.4 is 4.35 Å². The molecule has 1 rings (SSSR count). The van der Waals surface area contributed by atoms with Gasteiger partial charge in [-0.2, -0.15) is 0 Å². The summed E-state index contributed by atoms with van der Waals surface area (Å²) in [6, 6.07) is 8.07. The van der Waals surface area contributed by atoms with Crippen LogP contribution >= 0.6 is 0 Å². The van der Waals surface area contributed by atoms with E-state index in [1.54, 1.807) is 18.2 Å². The molecule has 0 saturated heterocycles. The summed E-state index contributed by atoms with van der Waals surface area (Å²) in [4.78, 5) is 0. The number of rotatable bonds is 1. The molecule has 0 aromatic heterocycles. The van der Waals surface area contributed by atoms with E-state index in [4.69, 9.17) is 0 Å². The Morgan fingerprint density at radius 2 is 1.45 bits per heavy atom. The fourth-order valence-corrected chi connectivity index (χ4v) is 2.60. The normalized spacial score (nSPS) is 15.5. The van der Waals surface area contributed by atoms with Gasteiger partial charge in [0, 0.05) is 0 Å². The van der Waals surface area contributed by atoms with Gasteiger partial charge in [0.05, 0.1) is 0 Å². The first-order valence-electron chi connectivity index (χ1n) is 3.18. The van der Waals surface area contributed by atoms with Crippen LogP contribution in [0.1, 0.15) is 0 Å². The zero-order valence-corrected chi connectivity index (χ0v) is 8.05. The molecular formula is C7H11AsO3. The van der Waals surface area contributed by atoms with Gasteiger partial charge in [-0.15, -0.1) is 0 Å². The topological polar surface area (TPSA) is 60.7 Å². The van der Waals surface area contributed by atoms with Crippen molar-refractivity contribution in [1.82, 2.24) is 0 Å².